The summed E-state index contributed by atoms with van der Waals surface area (Å²) in [4.78, 5) is 44.5. The molecule has 0 atom stereocenters. The van der Waals surface area contributed by atoms with Gasteiger partial charge in [0.25, 0.3) is 17.2 Å². The number of non-ortho nitro benzene ring substituents is 1. The van der Waals surface area contributed by atoms with E-state index in [9.17, 15) is 19.7 Å². The first kappa shape index (κ1) is 20.6. The van der Waals surface area contributed by atoms with Crippen LogP contribution in [0.4, 0.5) is 11.4 Å². The molecule has 1 aliphatic heterocycles. The van der Waals surface area contributed by atoms with Gasteiger partial charge >= 0.3 is 0 Å². The maximum Gasteiger partial charge on any atom is 0.278 e. The molecule has 1 amide bonds. The van der Waals surface area contributed by atoms with Gasteiger partial charge in [-0.3, -0.25) is 24.7 Å². The molecule has 1 aliphatic rings. The van der Waals surface area contributed by atoms with Crippen molar-refractivity contribution in [3.8, 4) is 0 Å². The number of rotatable bonds is 3. The third-order valence-electron chi connectivity index (χ3n) is 6.04. The number of piperazine rings is 1. The van der Waals surface area contributed by atoms with Gasteiger partial charge in [-0.15, -0.1) is 0 Å². The van der Waals surface area contributed by atoms with Gasteiger partial charge in [0, 0.05) is 68.1 Å². The first-order valence-corrected chi connectivity index (χ1v) is 10.5. The Hall–Kier alpha value is -4.34. The summed E-state index contributed by atoms with van der Waals surface area (Å²) in [5, 5.41) is 17.9. The summed E-state index contributed by atoms with van der Waals surface area (Å²) < 4.78 is 1.20. The number of nitro benzene ring substituents is 1. The lowest BCUT2D eigenvalue weighted by Gasteiger charge is -2.36. The van der Waals surface area contributed by atoms with Gasteiger partial charge in [-0.1, -0.05) is 18.2 Å². The molecule has 166 valence electrons. The van der Waals surface area contributed by atoms with Crippen LogP contribution >= 0.6 is 0 Å². The number of nitro groups is 1. The second-order valence-corrected chi connectivity index (χ2v) is 7.88. The zero-order valence-electron chi connectivity index (χ0n) is 17.8. The second-order valence-electron chi connectivity index (χ2n) is 7.88. The molecule has 1 fully saturated rings. The van der Waals surface area contributed by atoms with Crippen molar-refractivity contribution in [1.82, 2.24) is 19.7 Å². The van der Waals surface area contributed by atoms with E-state index in [-0.39, 0.29) is 22.8 Å². The maximum atomic E-state index is 13.3. The highest BCUT2D eigenvalue weighted by Crippen LogP contribution is 2.33. The minimum Gasteiger partial charge on any atom is -0.367 e. The lowest BCUT2D eigenvalue weighted by atomic mass is 10.1. The van der Waals surface area contributed by atoms with Crippen molar-refractivity contribution in [3.05, 3.63) is 81.0 Å². The SMILES string of the molecule is Cn1nc(C(=O)N2CCN(c3ccc([N+](=O)[O-])c4cnccc34)CC2)c2ccccc2c1=O. The number of aromatic nitrogens is 3. The number of nitrogens with zero attached hydrogens (tertiary/aromatic N) is 6. The van der Waals surface area contributed by atoms with Crippen molar-refractivity contribution in [3.63, 3.8) is 0 Å². The topological polar surface area (TPSA) is 114 Å². The largest absolute Gasteiger partial charge is 0.367 e. The Bertz CT molecular complexity index is 1470. The standard InChI is InChI=1S/C23H20N6O4/c1-26-22(30)17-5-3-2-4-16(17)21(25-26)23(31)28-12-10-27(11-13-28)19-6-7-20(29(32)33)18-14-24-9-8-15(18)19/h2-9,14H,10-13H2,1H3. The zero-order chi connectivity index (χ0) is 23.1. The van der Waals surface area contributed by atoms with Crippen molar-refractivity contribution in [2.75, 3.05) is 31.1 Å². The molecule has 33 heavy (non-hydrogen) atoms. The van der Waals surface area contributed by atoms with Gasteiger partial charge in [0.05, 0.1) is 15.7 Å². The zero-order valence-corrected chi connectivity index (χ0v) is 17.8. The molecule has 0 radical (unpaired) electrons. The Morgan fingerprint density at radius 3 is 2.42 bits per heavy atom. The minimum absolute atomic E-state index is 0.0170. The smallest absolute Gasteiger partial charge is 0.278 e. The average Bonchev–Trinajstić information content (AvgIpc) is 2.85. The fraction of sp³-hybridized carbons (Fsp3) is 0.217. The number of hydrogen-bond acceptors (Lipinski definition) is 7. The van der Waals surface area contributed by atoms with E-state index in [1.807, 2.05) is 0 Å². The van der Waals surface area contributed by atoms with E-state index >= 15 is 0 Å². The van der Waals surface area contributed by atoms with E-state index in [1.165, 1.54) is 24.0 Å². The lowest BCUT2D eigenvalue weighted by molar-refractivity contribution is -0.383. The molecular formula is C23H20N6O4. The number of hydrogen-bond donors (Lipinski definition) is 0. The molecule has 0 unspecified atom stereocenters. The molecule has 0 spiro atoms. The van der Waals surface area contributed by atoms with Gasteiger partial charge in [-0.2, -0.15) is 5.10 Å². The summed E-state index contributed by atoms with van der Waals surface area (Å²) >= 11 is 0. The van der Waals surface area contributed by atoms with Gasteiger partial charge in [0.1, 0.15) is 0 Å². The van der Waals surface area contributed by atoms with E-state index in [0.717, 1.165) is 11.1 Å². The number of aryl methyl sites for hydroxylation is 1. The molecule has 4 aromatic rings. The van der Waals surface area contributed by atoms with Crippen molar-refractivity contribution in [2.45, 2.75) is 0 Å². The van der Waals surface area contributed by atoms with Crippen LogP contribution in [0.5, 0.6) is 0 Å². The third kappa shape index (κ3) is 3.45. The van der Waals surface area contributed by atoms with Crippen LogP contribution in [0.2, 0.25) is 0 Å². The van der Waals surface area contributed by atoms with Gasteiger partial charge in [-0.25, -0.2) is 4.68 Å². The molecule has 2 aromatic heterocycles. The Morgan fingerprint density at radius 2 is 1.70 bits per heavy atom. The fourth-order valence-electron chi connectivity index (χ4n) is 4.35. The maximum absolute atomic E-state index is 13.3. The summed E-state index contributed by atoms with van der Waals surface area (Å²) in [7, 11) is 1.54. The van der Waals surface area contributed by atoms with Crippen LogP contribution in [0.15, 0.2) is 59.7 Å². The van der Waals surface area contributed by atoms with Crippen LogP contribution in [-0.2, 0) is 7.05 Å². The number of benzene rings is 2. The number of fused-ring (bicyclic) bond motifs is 2. The molecule has 0 N–H and O–H groups in total. The van der Waals surface area contributed by atoms with Crippen LogP contribution in [0.3, 0.4) is 0 Å². The van der Waals surface area contributed by atoms with Gasteiger partial charge < -0.3 is 9.80 Å². The number of anilines is 1. The quantitative estimate of drug-likeness (QED) is 0.352. The molecule has 5 rings (SSSR count). The highest BCUT2D eigenvalue weighted by molar-refractivity contribution is 6.05. The fourth-order valence-corrected chi connectivity index (χ4v) is 4.35. The summed E-state index contributed by atoms with van der Waals surface area (Å²) in [5.74, 6) is -0.223. The number of carbonyl (C=O) groups is 1. The molecular weight excluding hydrogens is 424 g/mol. The van der Waals surface area contributed by atoms with Gasteiger partial charge in [-0.05, 0) is 18.2 Å². The first-order chi connectivity index (χ1) is 16.0. The molecule has 2 aromatic carbocycles. The minimum atomic E-state index is -0.408. The predicted octanol–water partition coefficient (Wildman–Crippen LogP) is 2.35. The number of amides is 1. The van der Waals surface area contributed by atoms with E-state index < -0.39 is 4.92 Å². The first-order valence-electron chi connectivity index (χ1n) is 10.5. The van der Waals surface area contributed by atoms with Crippen LogP contribution in [0.1, 0.15) is 10.5 Å². The molecule has 10 nitrogen and oxygen atoms in total. The number of carbonyl (C=O) groups excluding carboxylic acids is 1. The lowest BCUT2D eigenvalue weighted by Crippen LogP contribution is -2.49. The Balaban J connectivity index is 1.42. The number of pyridine rings is 1. The normalized spacial score (nSPS) is 14.1. The second kappa shape index (κ2) is 7.97. The molecule has 0 aliphatic carbocycles. The van der Waals surface area contributed by atoms with E-state index in [2.05, 4.69) is 15.0 Å². The van der Waals surface area contributed by atoms with E-state index in [4.69, 9.17) is 0 Å². The molecule has 1 saturated heterocycles. The van der Waals surface area contributed by atoms with Crippen LogP contribution in [0, 0.1) is 10.1 Å². The van der Waals surface area contributed by atoms with Crippen molar-refractivity contribution in [2.24, 2.45) is 7.05 Å². The molecule has 3 heterocycles. The van der Waals surface area contributed by atoms with Crippen molar-refractivity contribution >= 4 is 38.8 Å². The molecule has 0 saturated carbocycles. The third-order valence-corrected chi connectivity index (χ3v) is 6.04. The van der Waals surface area contributed by atoms with Crippen LogP contribution in [0.25, 0.3) is 21.5 Å². The monoisotopic (exact) mass is 444 g/mol. The summed E-state index contributed by atoms with van der Waals surface area (Å²) in [6.07, 6.45) is 3.12. The summed E-state index contributed by atoms with van der Waals surface area (Å²) in [6, 6.07) is 12.0. The van der Waals surface area contributed by atoms with Crippen molar-refractivity contribution < 1.29 is 9.72 Å². The Morgan fingerprint density at radius 1 is 0.970 bits per heavy atom. The highest BCUT2D eigenvalue weighted by Gasteiger charge is 2.27. The average molecular weight is 444 g/mol. The summed E-state index contributed by atoms with van der Waals surface area (Å²) in [5.41, 5.74) is 0.901. The van der Waals surface area contributed by atoms with Gasteiger partial charge in [0.2, 0.25) is 0 Å². The molecule has 0 bridgehead atoms. The Labute approximate surface area is 187 Å². The van der Waals surface area contributed by atoms with Crippen molar-refractivity contribution in [1.29, 1.82) is 0 Å². The van der Waals surface area contributed by atoms with Crippen LogP contribution in [-0.4, -0.2) is 56.7 Å². The predicted molar refractivity (Wildman–Crippen MR) is 123 cm³/mol. The van der Waals surface area contributed by atoms with E-state index in [1.54, 1.807) is 47.5 Å². The highest BCUT2D eigenvalue weighted by atomic mass is 16.6. The Kier molecular flexibility index (Phi) is 4.97. The van der Waals surface area contributed by atoms with Crippen LogP contribution < -0.4 is 10.5 Å². The molecule has 10 heteroatoms. The van der Waals surface area contributed by atoms with E-state index in [0.29, 0.717) is 42.3 Å². The van der Waals surface area contributed by atoms with Gasteiger partial charge in [0.15, 0.2) is 5.69 Å². The summed E-state index contributed by atoms with van der Waals surface area (Å²) in [6.45, 7) is 2.04.